The Labute approximate surface area is 80.4 Å². The van der Waals surface area contributed by atoms with Crippen LogP contribution in [0.25, 0.3) is 0 Å². The maximum absolute atomic E-state index is 5.82. The number of hydrogen-bond acceptors (Lipinski definition) is 2. The average Bonchev–Trinajstić information content (AvgIpc) is 2.64. The van der Waals surface area contributed by atoms with Gasteiger partial charge in [0.2, 0.25) is 0 Å². The standard InChI is InChI=1S/C10H17BO2/c1-9(2)10(3,4)13-11(12-9)7-8-5-6-8/h7H,5-6H2,1-4H3. The Bertz CT molecular complexity index is 234. The van der Waals surface area contributed by atoms with Crippen LogP contribution in [0.2, 0.25) is 0 Å². The van der Waals surface area contributed by atoms with Crippen molar-refractivity contribution in [2.24, 2.45) is 0 Å². The van der Waals surface area contributed by atoms with Crippen LogP contribution in [0.3, 0.4) is 0 Å². The summed E-state index contributed by atoms with van der Waals surface area (Å²) in [4.78, 5) is 0. The van der Waals surface area contributed by atoms with E-state index in [1.165, 1.54) is 18.4 Å². The van der Waals surface area contributed by atoms with E-state index in [0.29, 0.717) is 0 Å². The largest absolute Gasteiger partial charge is 0.487 e. The molecule has 1 saturated carbocycles. The van der Waals surface area contributed by atoms with Gasteiger partial charge in [-0.05, 0) is 40.5 Å². The third kappa shape index (κ3) is 1.68. The molecule has 0 radical (unpaired) electrons. The maximum Gasteiger partial charge on any atom is 0.487 e. The molecule has 1 saturated heterocycles. The predicted octanol–water partition coefficient (Wildman–Crippen LogP) is 2.34. The molecule has 0 unspecified atom stereocenters. The van der Waals surface area contributed by atoms with Gasteiger partial charge in [0.25, 0.3) is 0 Å². The lowest BCUT2D eigenvalue weighted by Gasteiger charge is -2.32. The fourth-order valence-electron chi connectivity index (χ4n) is 1.39. The summed E-state index contributed by atoms with van der Waals surface area (Å²) in [7, 11) is -0.123. The van der Waals surface area contributed by atoms with Crippen molar-refractivity contribution >= 4 is 7.12 Å². The average molecular weight is 180 g/mol. The second-order valence-electron chi connectivity index (χ2n) is 4.95. The van der Waals surface area contributed by atoms with Gasteiger partial charge < -0.3 is 9.31 Å². The molecule has 2 aliphatic rings. The summed E-state index contributed by atoms with van der Waals surface area (Å²) in [6.45, 7) is 8.33. The first-order chi connectivity index (χ1) is 5.91. The highest BCUT2D eigenvalue weighted by molar-refractivity contribution is 6.52. The van der Waals surface area contributed by atoms with E-state index in [9.17, 15) is 0 Å². The molecule has 0 N–H and O–H groups in total. The predicted molar refractivity (Wildman–Crippen MR) is 53.4 cm³/mol. The first-order valence-corrected chi connectivity index (χ1v) is 4.96. The number of allylic oxidation sites excluding steroid dienone is 1. The molecule has 0 amide bonds. The Morgan fingerprint density at radius 2 is 1.54 bits per heavy atom. The molecule has 72 valence electrons. The van der Waals surface area contributed by atoms with Crippen LogP contribution in [0, 0.1) is 0 Å². The lowest BCUT2D eigenvalue weighted by atomic mass is 9.90. The summed E-state index contributed by atoms with van der Waals surface area (Å²) in [6.07, 6.45) is 2.45. The summed E-state index contributed by atoms with van der Waals surface area (Å²) in [5, 5.41) is 0. The van der Waals surface area contributed by atoms with E-state index < -0.39 is 0 Å². The summed E-state index contributed by atoms with van der Waals surface area (Å²) in [5.74, 6) is 2.12. The topological polar surface area (TPSA) is 18.5 Å². The summed E-state index contributed by atoms with van der Waals surface area (Å²) >= 11 is 0. The van der Waals surface area contributed by atoms with Gasteiger partial charge in [-0.1, -0.05) is 11.5 Å². The highest BCUT2D eigenvalue weighted by Gasteiger charge is 2.50. The molecule has 2 fully saturated rings. The fraction of sp³-hybridized carbons (Fsp3) is 0.800. The van der Waals surface area contributed by atoms with Gasteiger partial charge in [0.05, 0.1) is 11.2 Å². The number of hydrogen-bond donors (Lipinski definition) is 0. The van der Waals surface area contributed by atoms with Crippen molar-refractivity contribution in [3.63, 3.8) is 0 Å². The lowest BCUT2D eigenvalue weighted by molar-refractivity contribution is 0.00578. The molecular weight excluding hydrogens is 163 g/mol. The fourth-order valence-corrected chi connectivity index (χ4v) is 1.39. The van der Waals surface area contributed by atoms with Crippen LogP contribution in [0.1, 0.15) is 40.5 Å². The van der Waals surface area contributed by atoms with Crippen molar-refractivity contribution in [3.8, 4) is 0 Å². The quantitative estimate of drug-likeness (QED) is 0.576. The zero-order valence-corrected chi connectivity index (χ0v) is 8.89. The molecule has 2 nitrogen and oxygen atoms in total. The van der Waals surface area contributed by atoms with Crippen molar-refractivity contribution in [1.82, 2.24) is 0 Å². The monoisotopic (exact) mass is 180 g/mol. The van der Waals surface area contributed by atoms with E-state index >= 15 is 0 Å². The lowest BCUT2D eigenvalue weighted by Crippen LogP contribution is -2.41. The third-order valence-electron chi connectivity index (χ3n) is 3.18. The highest BCUT2D eigenvalue weighted by atomic mass is 16.7. The second kappa shape index (κ2) is 2.61. The number of rotatable bonds is 1. The van der Waals surface area contributed by atoms with Gasteiger partial charge in [-0.2, -0.15) is 0 Å². The van der Waals surface area contributed by atoms with Gasteiger partial charge in [-0.3, -0.25) is 0 Å². The highest BCUT2D eigenvalue weighted by Crippen LogP contribution is 2.38. The molecule has 1 aliphatic heterocycles. The van der Waals surface area contributed by atoms with Crippen LogP contribution in [0.15, 0.2) is 11.5 Å². The summed E-state index contributed by atoms with van der Waals surface area (Å²) in [5.41, 5.74) is 1.09. The molecule has 3 heteroatoms. The van der Waals surface area contributed by atoms with Crippen molar-refractivity contribution < 1.29 is 9.31 Å². The Balaban J connectivity index is 2.09. The Hall–Kier alpha value is -0.275. The van der Waals surface area contributed by atoms with E-state index in [1.54, 1.807) is 0 Å². The molecule has 13 heavy (non-hydrogen) atoms. The van der Waals surface area contributed by atoms with Gasteiger partial charge >= 0.3 is 7.12 Å². The van der Waals surface area contributed by atoms with Crippen molar-refractivity contribution in [1.29, 1.82) is 0 Å². The van der Waals surface area contributed by atoms with E-state index in [-0.39, 0.29) is 18.3 Å². The first-order valence-electron chi connectivity index (χ1n) is 4.96. The zero-order valence-electron chi connectivity index (χ0n) is 8.89. The minimum absolute atomic E-state index is 0.123. The van der Waals surface area contributed by atoms with Crippen molar-refractivity contribution in [2.45, 2.75) is 51.7 Å². The van der Waals surface area contributed by atoms with E-state index in [4.69, 9.17) is 9.31 Å². The molecular formula is C10H17BO2. The van der Waals surface area contributed by atoms with Crippen LogP contribution in [-0.2, 0) is 9.31 Å². The smallest absolute Gasteiger partial charge is 0.400 e. The van der Waals surface area contributed by atoms with Gasteiger partial charge in [0.1, 0.15) is 0 Å². The Kier molecular flexibility index (Phi) is 1.87. The normalized spacial score (nSPS) is 29.2. The second-order valence-corrected chi connectivity index (χ2v) is 4.95. The van der Waals surface area contributed by atoms with Gasteiger partial charge in [0.15, 0.2) is 0 Å². The minimum Gasteiger partial charge on any atom is -0.400 e. The van der Waals surface area contributed by atoms with Crippen LogP contribution in [0.4, 0.5) is 0 Å². The Morgan fingerprint density at radius 1 is 1.08 bits per heavy atom. The molecule has 0 atom stereocenters. The van der Waals surface area contributed by atoms with Crippen LogP contribution >= 0.6 is 0 Å². The molecule has 2 rings (SSSR count). The van der Waals surface area contributed by atoms with Crippen molar-refractivity contribution in [3.05, 3.63) is 11.5 Å². The first kappa shape index (κ1) is 9.29. The molecule has 0 bridgehead atoms. The molecule has 0 spiro atoms. The van der Waals surface area contributed by atoms with E-state index in [1.807, 2.05) is 0 Å². The summed E-state index contributed by atoms with van der Waals surface area (Å²) in [6, 6.07) is 0. The maximum atomic E-state index is 5.82. The Morgan fingerprint density at radius 3 is 1.92 bits per heavy atom. The van der Waals surface area contributed by atoms with Crippen LogP contribution < -0.4 is 0 Å². The minimum atomic E-state index is -0.191. The van der Waals surface area contributed by atoms with Gasteiger partial charge in [0, 0.05) is 0 Å². The van der Waals surface area contributed by atoms with Gasteiger partial charge in [-0.15, -0.1) is 0 Å². The molecule has 1 aliphatic carbocycles. The zero-order chi connectivity index (χ0) is 9.69. The van der Waals surface area contributed by atoms with Crippen LogP contribution in [-0.4, -0.2) is 18.3 Å². The molecule has 1 heterocycles. The molecule has 0 aromatic rings. The van der Waals surface area contributed by atoms with Crippen molar-refractivity contribution in [2.75, 3.05) is 0 Å². The molecule has 0 aromatic carbocycles. The van der Waals surface area contributed by atoms with Crippen LogP contribution in [0.5, 0.6) is 0 Å². The molecule has 0 aromatic heterocycles. The summed E-state index contributed by atoms with van der Waals surface area (Å²) < 4.78 is 11.6. The van der Waals surface area contributed by atoms with Gasteiger partial charge in [-0.25, -0.2) is 0 Å². The van der Waals surface area contributed by atoms with E-state index in [2.05, 4.69) is 33.7 Å². The van der Waals surface area contributed by atoms with E-state index in [0.717, 1.165) is 0 Å². The third-order valence-corrected chi connectivity index (χ3v) is 3.18. The SMILES string of the molecule is CC1(C)OB(C=C2CC2)OC1(C)C.